The molecule has 2 aromatic heterocycles. The average molecular weight is 336 g/mol. The van der Waals surface area contributed by atoms with Gasteiger partial charge in [-0.25, -0.2) is 4.79 Å². The third-order valence-corrected chi connectivity index (χ3v) is 5.14. The molecule has 0 saturated heterocycles. The normalized spacial score (nSPS) is 11.3. The van der Waals surface area contributed by atoms with Gasteiger partial charge in [0, 0.05) is 7.05 Å². The lowest BCUT2D eigenvalue weighted by Gasteiger charge is -2.08. The van der Waals surface area contributed by atoms with Gasteiger partial charge in [0.05, 0.1) is 24.0 Å². The minimum atomic E-state index is -3.95. The Morgan fingerprint density at radius 3 is 2.80 bits per heavy atom. The van der Waals surface area contributed by atoms with Gasteiger partial charge in [0.1, 0.15) is 4.88 Å². The van der Waals surface area contributed by atoms with Gasteiger partial charge in [0.15, 0.2) is 5.03 Å². The second-order valence-electron chi connectivity index (χ2n) is 3.68. The van der Waals surface area contributed by atoms with Crippen LogP contribution in [0.15, 0.2) is 22.7 Å². The molecule has 0 saturated carbocycles. The number of methoxy groups -OCH3 is 1. The molecule has 0 aromatic carbocycles. The van der Waals surface area contributed by atoms with Crippen LogP contribution in [-0.4, -0.2) is 31.3 Å². The summed E-state index contributed by atoms with van der Waals surface area (Å²) in [5.41, 5.74) is 0.138. The second-order valence-corrected chi connectivity index (χ2v) is 6.60. The molecule has 10 heteroatoms. The van der Waals surface area contributed by atoms with E-state index in [1.165, 1.54) is 26.4 Å². The molecule has 0 aliphatic carbocycles. The highest BCUT2D eigenvalue weighted by Gasteiger charge is 2.25. The first-order chi connectivity index (χ1) is 9.36. The van der Waals surface area contributed by atoms with E-state index in [4.69, 9.17) is 11.6 Å². The Labute approximate surface area is 124 Å². The Balaban J connectivity index is 2.40. The third kappa shape index (κ3) is 2.65. The Morgan fingerprint density at radius 1 is 1.55 bits per heavy atom. The molecule has 0 aliphatic rings. The van der Waals surface area contributed by atoms with Crippen LogP contribution in [0.25, 0.3) is 0 Å². The molecule has 0 fully saturated rings. The molecule has 2 heterocycles. The summed E-state index contributed by atoms with van der Waals surface area (Å²) >= 11 is 6.88. The van der Waals surface area contributed by atoms with E-state index in [0.29, 0.717) is 0 Å². The van der Waals surface area contributed by atoms with E-state index in [9.17, 15) is 13.2 Å². The Morgan fingerprint density at radius 2 is 2.25 bits per heavy atom. The van der Waals surface area contributed by atoms with Crippen molar-refractivity contribution >= 4 is 44.6 Å². The summed E-state index contributed by atoms with van der Waals surface area (Å²) in [4.78, 5) is 11.7. The molecular formula is C10H10ClN3O4S2. The predicted octanol–water partition coefficient (Wildman–Crippen LogP) is 1.72. The van der Waals surface area contributed by atoms with Crippen LogP contribution < -0.4 is 4.72 Å². The molecular weight excluding hydrogens is 326 g/mol. The summed E-state index contributed by atoms with van der Waals surface area (Å²) in [6.07, 6.45) is 1.23. The molecule has 7 nitrogen and oxygen atoms in total. The molecule has 2 rings (SSSR count). The van der Waals surface area contributed by atoms with Crippen molar-refractivity contribution in [2.24, 2.45) is 7.05 Å². The van der Waals surface area contributed by atoms with Gasteiger partial charge in [-0.3, -0.25) is 9.40 Å². The lowest BCUT2D eigenvalue weighted by Crippen LogP contribution is -2.18. The number of aryl methyl sites for hydroxylation is 1. The Bertz CT molecular complexity index is 731. The number of thiophene rings is 1. The summed E-state index contributed by atoms with van der Waals surface area (Å²) in [5, 5.41) is 5.16. The minimum Gasteiger partial charge on any atom is -0.465 e. The number of hydrogen-bond donors (Lipinski definition) is 1. The molecule has 0 spiro atoms. The van der Waals surface area contributed by atoms with Crippen molar-refractivity contribution in [1.29, 1.82) is 0 Å². The van der Waals surface area contributed by atoms with Gasteiger partial charge in [-0.1, -0.05) is 11.6 Å². The van der Waals surface area contributed by atoms with E-state index in [2.05, 4.69) is 14.6 Å². The van der Waals surface area contributed by atoms with Crippen LogP contribution in [0.2, 0.25) is 5.02 Å². The number of rotatable bonds is 4. The van der Waals surface area contributed by atoms with Crippen molar-refractivity contribution in [3.8, 4) is 0 Å². The largest absolute Gasteiger partial charge is 0.465 e. The molecule has 108 valence electrons. The van der Waals surface area contributed by atoms with Crippen molar-refractivity contribution in [3.05, 3.63) is 27.5 Å². The first-order valence-electron chi connectivity index (χ1n) is 5.23. The smallest absolute Gasteiger partial charge is 0.350 e. The molecule has 0 atom stereocenters. The Hall–Kier alpha value is -1.58. The van der Waals surface area contributed by atoms with Gasteiger partial charge in [-0.05, 0) is 11.4 Å². The summed E-state index contributed by atoms with van der Waals surface area (Å²) in [6.45, 7) is 0. The lowest BCUT2D eigenvalue weighted by atomic mass is 10.4. The van der Waals surface area contributed by atoms with E-state index in [1.807, 2.05) is 0 Å². The highest BCUT2D eigenvalue weighted by molar-refractivity contribution is 7.92. The summed E-state index contributed by atoms with van der Waals surface area (Å²) in [7, 11) is -1.27. The van der Waals surface area contributed by atoms with Crippen molar-refractivity contribution in [2.75, 3.05) is 11.8 Å². The number of nitrogens with zero attached hydrogens (tertiary/aromatic N) is 2. The van der Waals surface area contributed by atoms with Crippen LogP contribution in [0.5, 0.6) is 0 Å². The first-order valence-corrected chi connectivity index (χ1v) is 7.97. The molecule has 20 heavy (non-hydrogen) atoms. The highest BCUT2D eigenvalue weighted by atomic mass is 35.5. The van der Waals surface area contributed by atoms with E-state index in [-0.39, 0.29) is 20.6 Å². The molecule has 0 aliphatic heterocycles. The molecule has 1 N–H and O–H groups in total. The zero-order chi connectivity index (χ0) is 14.9. The summed E-state index contributed by atoms with van der Waals surface area (Å²) < 4.78 is 32.5. The number of nitrogens with one attached hydrogen (secondary N) is 1. The van der Waals surface area contributed by atoms with Crippen LogP contribution in [0.4, 0.5) is 5.69 Å². The van der Waals surface area contributed by atoms with E-state index in [1.54, 1.807) is 5.38 Å². The zero-order valence-corrected chi connectivity index (χ0v) is 12.8. The van der Waals surface area contributed by atoms with Gasteiger partial charge in [0.25, 0.3) is 10.0 Å². The van der Waals surface area contributed by atoms with Crippen molar-refractivity contribution in [1.82, 2.24) is 9.78 Å². The standard InChI is InChI=1S/C10H10ClN3O4S2/c1-14-9(6(11)5-12-14)20(16,17)13-7-3-4-19-8(7)10(15)18-2/h3-5,13H,1-2H3. The maximum atomic E-state index is 12.3. The maximum absolute atomic E-state index is 12.3. The second kappa shape index (κ2) is 5.43. The number of ether oxygens (including phenoxy) is 1. The molecule has 0 unspecified atom stereocenters. The van der Waals surface area contributed by atoms with Crippen molar-refractivity contribution in [3.63, 3.8) is 0 Å². The number of halogens is 1. The Kier molecular flexibility index (Phi) is 4.02. The van der Waals surface area contributed by atoms with E-state index in [0.717, 1.165) is 16.0 Å². The predicted molar refractivity (Wildman–Crippen MR) is 74.7 cm³/mol. The van der Waals surface area contributed by atoms with Gasteiger partial charge in [-0.2, -0.15) is 13.5 Å². The number of anilines is 1. The van der Waals surface area contributed by atoms with Crippen LogP contribution in [0.3, 0.4) is 0 Å². The first kappa shape index (κ1) is 14.8. The van der Waals surface area contributed by atoms with Gasteiger partial charge < -0.3 is 4.74 Å². The number of hydrogen-bond acceptors (Lipinski definition) is 6. The SMILES string of the molecule is COC(=O)c1sccc1NS(=O)(=O)c1c(Cl)cnn1C. The topological polar surface area (TPSA) is 90.3 Å². The van der Waals surface area contributed by atoms with Gasteiger partial charge >= 0.3 is 5.97 Å². The third-order valence-electron chi connectivity index (χ3n) is 2.38. The minimum absolute atomic E-state index is 0.00477. The number of carbonyl (C=O) groups is 1. The summed E-state index contributed by atoms with van der Waals surface area (Å²) in [6, 6.07) is 1.47. The average Bonchev–Trinajstić information content (AvgIpc) is 2.95. The van der Waals surface area contributed by atoms with Crippen molar-refractivity contribution in [2.45, 2.75) is 5.03 Å². The highest BCUT2D eigenvalue weighted by Crippen LogP contribution is 2.28. The fourth-order valence-electron chi connectivity index (χ4n) is 1.54. The fraction of sp³-hybridized carbons (Fsp3) is 0.200. The zero-order valence-electron chi connectivity index (χ0n) is 10.5. The van der Waals surface area contributed by atoms with Crippen molar-refractivity contribution < 1.29 is 17.9 Å². The van der Waals surface area contributed by atoms with Gasteiger partial charge in [-0.15, -0.1) is 11.3 Å². The van der Waals surface area contributed by atoms with Crippen LogP contribution >= 0.6 is 22.9 Å². The molecule has 2 aromatic rings. The fourth-order valence-corrected chi connectivity index (χ4v) is 4.10. The number of carbonyl (C=O) groups excluding carboxylic acids is 1. The molecule has 0 radical (unpaired) electrons. The quantitative estimate of drug-likeness (QED) is 0.859. The summed E-state index contributed by atoms with van der Waals surface area (Å²) in [5.74, 6) is -0.617. The van der Waals surface area contributed by atoms with Gasteiger partial charge in [0.2, 0.25) is 0 Å². The maximum Gasteiger partial charge on any atom is 0.350 e. The van der Waals surface area contributed by atoms with Crippen LogP contribution in [0, 0.1) is 0 Å². The number of aromatic nitrogens is 2. The number of sulfonamides is 1. The van der Waals surface area contributed by atoms with E-state index < -0.39 is 16.0 Å². The van der Waals surface area contributed by atoms with E-state index >= 15 is 0 Å². The number of esters is 1. The monoisotopic (exact) mass is 335 g/mol. The molecule has 0 bridgehead atoms. The van der Waals surface area contributed by atoms with Crippen LogP contribution in [0.1, 0.15) is 9.67 Å². The lowest BCUT2D eigenvalue weighted by molar-refractivity contribution is 0.0607. The molecule has 0 amide bonds. The van der Waals surface area contributed by atoms with Crippen LogP contribution in [-0.2, 0) is 21.8 Å².